The van der Waals surface area contributed by atoms with Gasteiger partial charge >= 0.3 is 0 Å². The highest BCUT2D eigenvalue weighted by Crippen LogP contribution is 2.20. The molecule has 0 unspecified atom stereocenters. The fourth-order valence-corrected chi connectivity index (χ4v) is 2.89. The van der Waals surface area contributed by atoms with Crippen LogP contribution in [0.15, 0.2) is 30.5 Å². The van der Waals surface area contributed by atoms with E-state index >= 15 is 0 Å². The van der Waals surface area contributed by atoms with Gasteiger partial charge in [-0.1, -0.05) is 6.07 Å². The van der Waals surface area contributed by atoms with Crippen LogP contribution in [0.3, 0.4) is 0 Å². The summed E-state index contributed by atoms with van der Waals surface area (Å²) in [6.45, 7) is 4.39. The average Bonchev–Trinajstić information content (AvgIpc) is 3.01. The van der Waals surface area contributed by atoms with Gasteiger partial charge in [0.25, 0.3) is 5.91 Å². The number of aromatic nitrogens is 3. The maximum Gasteiger partial charge on any atom is 0.261 e. The molecule has 1 amide bonds. The SMILES string of the molecule is Cc1cc(C(=O)NCc2nnc3ccccn23)sc1C. The molecule has 102 valence electrons. The Kier molecular flexibility index (Phi) is 3.23. The van der Waals surface area contributed by atoms with Crippen molar-refractivity contribution in [3.05, 3.63) is 51.6 Å². The van der Waals surface area contributed by atoms with E-state index in [1.807, 2.05) is 48.7 Å². The molecule has 0 aliphatic heterocycles. The molecule has 0 aliphatic rings. The van der Waals surface area contributed by atoms with Crippen LogP contribution in [0.2, 0.25) is 0 Å². The quantitative estimate of drug-likeness (QED) is 0.804. The molecule has 20 heavy (non-hydrogen) atoms. The number of hydrogen-bond donors (Lipinski definition) is 1. The zero-order valence-corrected chi connectivity index (χ0v) is 12.1. The van der Waals surface area contributed by atoms with Gasteiger partial charge in [0.2, 0.25) is 0 Å². The van der Waals surface area contributed by atoms with Crippen molar-refractivity contribution < 1.29 is 4.79 Å². The minimum absolute atomic E-state index is 0.0705. The van der Waals surface area contributed by atoms with Gasteiger partial charge in [-0.05, 0) is 37.6 Å². The van der Waals surface area contributed by atoms with Crippen LogP contribution in [0, 0.1) is 13.8 Å². The number of thiophene rings is 1. The number of carbonyl (C=O) groups excluding carboxylic acids is 1. The molecule has 0 saturated carbocycles. The van der Waals surface area contributed by atoms with E-state index in [1.165, 1.54) is 16.2 Å². The third kappa shape index (κ3) is 2.30. The molecule has 0 atom stereocenters. The largest absolute Gasteiger partial charge is 0.344 e. The average molecular weight is 286 g/mol. The van der Waals surface area contributed by atoms with E-state index in [0.29, 0.717) is 6.54 Å². The van der Waals surface area contributed by atoms with Crippen molar-refractivity contribution in [3.63, 3.8) is 0 Å². The normalized spacial score (nSPS) is 10.9. The Labute approximate surface area is 120 Å². The van der Waals surface area contributed by atoms with Gasteiger partial charge in [0.05, 0.1) is 11.4 Å². The molecular weight excluding hydrogens is 272 g/mol. The fraction of sp³-hybridized carbons (Fsp3) is 0.214. The van der Waals surface area contributed by atoms with E-state index in [1.54, 1.807) is 0 Å². The van der Waals surface area contributed by atoms with Gasteiger partial charge in [0, 0.05) is 11.1 Å². The van der Waals surface area contributed by atoms with Crippen LogP contribution >= 0.6 is 11.3 Å². The molecule has 3 heterocycles. The van der Waals surface area contributed by atoms with Crippen molar-refractivity contribution in [1.29, 1.82) is 0 Å². The Morgan fingerprint density at radius 2 is 2.20 bits per heavy atom. The molecule has 1 N–H and O–H groups in total. The lowest BCUT2D eigenvalue weighted by Gasteiger charge is -2.02. The summed E-state index contributed by atoms with van der Waals surface area (Å²) >= 11 is 1.51. The smallest absolute Gasteiger partial charge is 0.261 e. The summed E-state index contributed by atoms with van der Waals surface area (Å²) in [4.78, 5) is 14.0. The number of aryl methyl sites for hydroxylation is 2. The molecule has 6 heteroatoms. The molecule has 5 nitrogen and oxygen atoms in total. The first-order valence-electron chi connectivity index (χ1n) is 6.29. The highest BCUT2D eigenvalue weighted by molar-refractivity contribution is 7.14. The van der Waals surface area contributed by atoms with Crippen molar-refractivity contribution in [3.8, 4) is 0 Å². The summed E-state index contributed by atoms with van der Waals surface area (Å²) in [5.41, 5.74) is 1.92. The number of hydrogen-bond acceptors (Lipinski definition) is 4. The summed E-state index contributed by atoms with van der Waals surface area (Å²) in [7, 11) is 0. The van der Waals surface area contributed by atoms with Gasteiger partial charge in [-0.25, -0.2) is 0 Å². The third-order valence-electron chi connectivity index (χ3n) is 3.18. The third-order valence-corrected chi connectivity index (χ3v) is 4.33. The number of pyridine rings is 1. The van der Waals surface area contributed by atoms with Crippen LogP contribution in [0.4, 0.5) is 0 Å². The topological polar surface area (TPSA) is 59.3 Å². The van der Waals surface area contributed by atoms with Crippen LogP contribution in [-0.2, 0) is 6.54 Å². The number of fused-ring (bicyclic) bond motifs is 1. The predicted octanol–water partition coefficient (Wildman–Crippen LogP) is 2.34. The molecule has 0 spiro atoms. The molecule has 3 aromatic heterocycles. The van der Waals surface area contributed by atoms with Gasteiger partial charge in [0.15, 0.2) is 11.5 Å². The number of nitrogens with zero attached hydrogens (tertiary/aromatic N) is 3. The first-order chi connectivity index (χ1) is 9.65. The molecule has 3 rings (SSSR count). The Bertz CT molecular complexity index is 755. The highest BCUT2D eigenvalue weighted by Gasteiger charge is 2.11. The van der Waals surface area contributed by atoms with E-state index in [-0.39, 0.29) is 5.91 Å². The Hall–Kier alpha value is -2.21. The van der Waals surface area contributed by atoms with Gasteiger partial charge in [-0.2, -0.15) is 0 Å². The van der Waals surface area contributed by atoms with Gasteiger partial charge in [-0.3, -0.25) is 9.20 Å². The maximum absolute atomic E-state index is 12.1. The molecule has 0 saturated heterocycles. The molecule has 0 bridgehead atoms. The van der Waals surface area contributed by atoms with Crippen molar-refractivity contribution in [2.75, 3.05) is 0 Å². The first kappa shape index (κ1) is 12.8. The van der Waals surface area contributed by atoms with E-state index in [2.05, 4.69) is 15.5 Å². The molecule has 0 aliphatic carbocycles. The van der Waals surface area contributed by atoms with E-state index in [9.17, 15) is 4.79 Å². The summed E-state index contributed by atoms with van der Waals surface area (Å²) < 4.78 is 1.87. The van der Waals surface area contributed by atoms with Crippen molar-refractivity contribution >= 4 is 22.9 Å². The van der Waals surface area contributed by atoms with Crippen LogP contribution in [0.25, 0.3) is 5.65 Å². The summed E-state index contributed by atoms with van der Waals surface area (Å²) in [5, 5.41) is 11.0. The number of rotatable bonds is 3. The monoisotopic (exact) mass is 286 g/mol. The lowest BCUT2D eigenvalue weighted by atomic mass is 10.3. The van der Waals surface area contributed by atoms with Gasteiger partial charge in [0.1, 0.15) is 0 Å². The number of nitrogens with one attached hydrogen (secondary N) is 1. The summed E-state index contributed by atoms with van der Waals surface area (Å²) in [5.74, 6) is 0.651. The Balaban J connectivity index is 1.74. The molecular formula is C14H14N4OS. The van der Waals surface area contributed by atoms with Crippen molar-refractivity contribution in [2.24, 2.45) is 0 Å². The molecule has 3 aromatic rings. The highest BCUT2D eigenvalue weighted by atomic mass is 32.1. The summed E-state index contributed by atoms with van der Waals surface area (Å²) in [6.07, 6.45) is 1.89. The van der Waals surface area contributed by atoms with Crippen molar-refractivity contribution in [2.45, 2.75) is 20.4 Å². The second kappa shape index (κ2) is 5.05. The fourth-order valence-electron chi connectivity index (χ4n) is 1.94. The second-order valence-electron chi connectivity index (χ2n) is 4.58. The maximum atomic E-state index is 12.1. The standard InChI is InChI=1S/C14H14N4OS/c1-9-7-11(20-10(9)2)14(19)15-8-13-17-16-12-5-3-4-6-18(12)13/h3-7H,8H2,1-2H3,(H,15,19). The minimum atomic E-state index is -0.0705. The molecule has 0 radical (unpaired) electrons. The molecule has 0 fully saturated rings. The zero-order valence-electron chi connectivity index (χ0n) is 11.3. The minimum Gasteiger partial charge on any atom is -0.344 e. The lowest BCUT2D eigenvalue weighted by molar-refractivity contribution is 0.0954. The Morgan fingerprint density at radius 1 is 1.35 bits per heavy atom. The lowest BCUT2D eigenvalue weighted by Crippen LogP contribution is -2.23. The van der Waals surface area contributed by atoms with E-state index in [0.717, 1.165) is 21.9 Å². The number of carbonyl (C=O) groups is 1. The summed E-state index contributed by atoms with van der Waals surface area (Å²) in [6, 6.07) is 7.61. The van der Waals surface area contributed by atoms with E-state index in [4.69, 9.17) is 0 Å². The molecule has 0 aromatic carbocycles. The van der Waals surface area contributed by atoms with E-state index < -0.39 is 0 Å². The number of amides is 1. The van der Waals surface area contributed by atoms with Crippen LogP contribution in [0.1, 0.15) is 25.9 Å². The van der Waals surface area contributed by atoms with Gasteiger partial charge < -0.3 is 5.32 Å². The van der Waals surface area contributed by atoms with Crippen molar-refractivity contribution in [1.82, 2.24) is 19.9 Å². The Morgan fingerprint density at radius 3 is 2.95 bits per heavy atom. The second-order valence-corrected chi connectivity index (χ2v) is 5.83. The van der Waals surface area contributed by atoms with Gasteiger partial charge in [-0.15, -0.1) is 21.5 Å². The zero-order chi connectivity index (χ0) is 14.1. The first-order valence-corrected chi connectivity index (χ1v) is 7.10. The van der Waals surface area contributed by atoms with Crippen LogP contribution in [-0.4, -0.2) is 20.5 Å². The van der Waals surface area contributed by atoms with Crippen LogP contribution in [0.5, 0.6) is 0 Å². The van der Waals surface area contributed by atoms with Crippen LogP contribution < -0.4 is 5.32 Å². The predicted molar refractivity (Wildman–Crippen MR) is 78.0 cm³/mol.